The first-order valence-corrected chi connectivity index (χ1v) is 4.19. The molecule has 0 aromatic rings. The summed E-state index contributed by atoms with van der Waals surface area (Å²) in [6.07, 6.45) is 0. The fourth-order valence-corrected chi connectivity index (χ4v) is 0. The topological polar surface area (TPSA) is 167 Å². The van der Waals surface area contributed by atoms with Gasteiger partial charge in [0.05, 0.1) is 0 Å². The molecule has 0 N–H and O–H groups in total. The van der Waals surface area contributed by atoms with Gasteiger partial charge in [-0.05, 0) is 0 Å². The van der Waals surface area contributed by atoms with E-state index in [0.29, 0.717) is 0 Å². The van der Waals surface area contributed by atoms with E-state index in [-0.39, 0.29) is 143 Å². The Hall–Kier alpha value is 4.76. The van der Waals surface area contributed by atoms with Crippen molar-refractivity contribution in [1.29, 1.82) is 0 Å². The summed E-state index contributed by atoms with van der Waals surface area (Å²) in [5.41, 5.74) is 0. The molecule has 0 amide bonds. The standard InChI is InChI=1S/3Ca.Na.H3O4P.H2O4S/c;;;;2*1-5(2,3)4/h;;;;(H3,1,2,3,4);(H2,1,2,3,4)/q3*+2;+1;;/p-5. The molecule has 14 heteroatoms. The largest absolute Gasteiger partial charge is 2.00 e. The van der Waals surface area contributed by atoms with Gasteiger partial charge in [0, 0.05) is 10.4 Å². The van der Waals surface area contributed by atoms with Gasteiger partial charge >= 0.3 is 143 Å². The molecule has 0 fully saturated rings. The van der Waals surface area contributed by atoms with Gasteiger partial charge in [-0.25, -0.2) is 0 Å². The Morgan fingerprint density at radius 2 is 0.857 bits per heavy atom. The molecule has 14 heavy (non-hydrogen) atoms. The fraction of sp³-hybridized carbons (Fsp3) is 0. The van der Waals surface area contributed by atoms with Crippen LogP contribution in [0.1, 0.15) is 0 Å². The maximum absolute atomic E-state index is 8.55. The minimum Gasteiger partial charge on any atom is -0.822 e. The molecule has 0 spiro atoms. The first-order chi connectivity index (χ1) is 4.00. The van der Waals surface area contributed by atoms with E-state index in [1.54, 1.807) is 0 Å². The summed E-state index contributed by atoms with van der Waals surface area (Å²) in [5, 5.41) is 0. The minimum atomic E-state index is -5.39. The molecule has 0 bridgehead atoms. The van der Waals surface area contributed by atoms with Crippen molar-refractivity contribution in [2.24, 2.45) is 0 Å². The maximum atomic E-state index is 8.55. The molecule has 0 aliphatic carbocycles. The van der Waals surface area contributed by atoms with Crippen LogP contribution in [0.2, 0.25) is 0 Å². The summed E-state index contributed by atoms with van der Waals surface area (Å²) in [4.78, 5) is 25.6. The summed E-state index contributed by atoms with van der Waals surface area (Å²) >= 11 is 0. The van der Waals surface area contributed by atoms with E-state index in [0.717, 1.165) is 0 Å². The number of hydrogen-bond donors (Lipinski definition) is 0. The third-order valence-corrected chi connectivity index (χ3v) is 0. The van der Waals surface area contributed by atoms with Crippen LogP contribution in [0.3, 0.4) is 0 Å². The minimum absolute atomic E-state index is 0. The van der Waals surface area contributed by atoms with Crippen LogP contribution < -0.4 is 44.2 Å². The van der Waals surface area contributed by atoms with Crippen LogP contribution in [0, 0.1) is 0 Å². The van der Waals surface area contributed by atoms with Crippen LogP contribution in [0.25, 0.3) is 0 Å². The van der Waals surface area contributed by atoms with E-state index in [4.69, 9.17) is 36.8 Å². The molecule has 0 unspecified atom stereocenters. The van der Waals surface area contributed by atoms with Crippen LogP contribution in [0.5, 0.6) is 0 Å². The second-order valence-electron chi connectivity index (χ2n) is 0.855. The number of phosphoric acid groups is 1. The second kappa shape index (κ2) is 17.8. The monoisotopic (exact) mass is 334 g/mol. The van der Waals surface area contributed by atoms with Crippen molar-refractivity contribution in [3.8, 4) is 0 Å². The molecule has 0 radical (unpaired) electrons. The van der Waals surface area contributed by atoms with Crippen molar-refractivity contribution in [3.63, 3.8) is 0 Å². The first-order valence-electron chi connectivity index (χ1n) is 1.40. The molecular formula is Ca3NaO8PS+2. The van der Waals surface area contributed by atoms with E-state index in [1.807, 2.05) is 0 Å². The van der Waals surface area contributed by atoms with Crippen molar-refractivity contribution in [2.75, 3.05) is 0 Å². The molecule has 0 atom stereocenters. The van der Waals surface area contributed by atoms with Crippen LogP contribution in [0.4, 0.5) is 0 Å². The fourth-order valence-electron chi connectivity index (χ4n) is 0. The summed E-state index contributed by atoms with van der Waals surface area (Å²) in [6.45, 7) is 0. The molecule has 64 valence electrons. The third kappa shape index (κ3) is 184. The van der Waals surface area contributed by atoms with E-state index in [1.165, 1.54) is 0 Å². The zero-order valence-corrected chi connectivity index (χ0v) is 17.6. The zero-order chi connectivity index (χ0) is 9.00. The molecule has 0 rings (SSSR count). The Kier molecular flexibility index (Phi) is 46.1. The number of hydrogen-bond acceptors (Lipinski definition) is 8. The van der Waals surface area contributed by atoms with Gasteiger partial charge in [-0.1, -0.05) is 0 Å². The molecule has 0 aromatic carbocycles. The Morgan fingerprint density at radius 3 is 0.857 bits per heavy atom. The first kappa shape index (κ1) is 36.3. The van der Waals surface area contributed by atoms with Gasteiger partial charge in [0.15, 0.2) is 0 Å². The normalized spacial score (nSPS) is 8.36. The molecule has 8 nitrogen and oxygen atoms in total. The Morgan fingerprint density at radius 1 is 0.857 bits per heavy atom. The molecule has 0 aromatic heterocycles. The van der Waals surface area contributed by atoms with Crippen LogP contribution in [-0.2, 0) is 15.0 Å². The van der Waals surface area contributed by atoms with Crippen molar-refractivity contribution >= 4 is 131 Å². The molecule has 0 aliphatic rings. The summed E-state index contributed by atoms with van der Waals surface area (Å²) in [6, 6.07) is 0. The van der Waals surface area contributed by atoms with Gasteiger partial charge in [-0.15, -0.1) is 0 Å². The van der Waals surface area contributed by atoms with E-state index in [9.17, 15) is 0 Å². The van der Waals surface area contributed by atoms with Crippen molar-refractivity contribution in [1.82, 2.24) is 0 Å². The van der Waals surface area contributed by atoms with Gasteiger partial charge in [-0.3, -0.25) is 8.42 Å². The van der Waals surface area contributed by atoms with E-state index < -0.39 is 18.2 Å². The van der Waals surface area contributed by atoms with Crippen molar-refractivity contribution in [2.45, 2.75) is 0 Å². The molecule has 0 heterocycles. The maximum Gasteiger partial charge on any atom is 2.00 e. The van der Waals surface area contributed by atoms with Gasteiger partial charge < -0.3 is 28.4 Å². The van der Waals surface area contributed by atoms with Crippen molar-refractivity contribution < 1.29 is 66.3 Å². The molecular weight excluding hydrogens is 334 g/mol. The summed E-state index contributed by atoms with van der Waals surface area (Å²) < 4.78 is 42.6. The van der Waals surface area contributed by atoms with Gasteiger partial charge in [0.1, 0.15) is 0 Å². The second-order valence-corrected chi connectivity index (χ2v) is 2.57. The molecule has 0 saturated carbocycles. The average Bonchev–Trinajstić information content (AvgIpc) is 1.12. The smallest absolute Gasteiger partial charge is 0.822 e. The molecule has 0 saturated heterocycles. The van der Waals surface area contributed by atoms with Gasteiger partial charge in [0.2, 0.25) is 0 Å². The Balaban J connectivity index is -0.0000000178. The zero-order valence-electron chi connectivity index (χ0n) is 7.24. The quantitative estimate of drug-likeness (QED) is 0.182. The van der Waals surface area contributed by atoms with Crippen molar-refractivity contribution in [3.05, 3.63) is 0 Å². The predicted molar refractivity (Wildman–Crippen MR) is 35.3 cm³/mol. The van der Waals surface area contributed by atoms with Crippen LogP contribution >= 0.6 is 7.82 Å². The molecule has 0 aliphatic heterocycles. The average molecular weight is 334 g/mol. The van der Waals surface area contributed by atoms with Gasteiger partial charge in [0.25, 0.3) is 0 Å². The Labute approximate surface area is 193 Å². The van der Waals surface area contributed by atoms with Gasteiger partial charge in [-0.2, -0.15) is 7.82 Å². The number of rotatable bonds is 0. The van der Waals surface area contributed by atoms with Crippen LogP contribution in [0.15, 0.2) is 0 Å². The van der Waals surface area contributed by atoms with Crippen LogP contribution in [-0.4, -0.2) is 131 Å². The third-order valence-electron chi connectivity index (χ3n) is 0. The SMILES string of the molecule is O=P([O-])([O-])[O-].O=S(=O)([O-])[O-].[Ca+2].[Ca+2].[Ca+2].[Na+]. The van der Waals surface area contributed by atoms with E-state index >= 15 is 0 Å². The predicted octanol–water partition coefficient (Wildman–Crippen LogP) is -8.30. The Bertz CT molecular complexity index is 202. The van der Waals surface area contributed by atoms with E-state index in [2.05, 4.69) is 0 Å². The summed E-state index contributed by atoms with van der Waals surface area (Å²) in [7, 11) is -10.6. The summed E-state index contributed by atoms with van der Waals surface area (Å²) in [5.74, 6) is 0.